The second kappa shape index (κ2) is 4.61. The molecule has 2 rings (SSSR count). The lowest BCUT2D eigenvalue weighted by Crippen LogP contribution is -2.26. The molecule has 0 atom stereocenters. The molecule has 5 heteroatoms. The van der Waals surface area contributed by atoms with Crippen LogP contribution in [0.2, 0.25) is 0 Å². The van der Waals surface area contributed by atoms with E-state index in [1.807, 2.05) is 26.0 Å². The Morgan fingerprint density at radius 3 is 2.42 bits per heavy atom. The first-order valence-electron chi connectivity index (χ1n) is 6.28. The summed E-state index contributed by atoms with van der Waals surface area (Å²) in [6.07, 6.45) is 1.65. The van der Waals surface area contributed by atoms with E-state index >= 15 is 0 Å². The van der Waals surface area contributed by atoms with E-state index in [1.165, 1.54) is 4.68 Å². The highest BCUT2D eigenvalue weighted by molar-refractivity contribution is 7.70. The van der Waals surface area contributed by atoms with Crippen molar-refractivity contribution in [2.24, 2.45) is 7.05 Å². The molecular formula is C14H19N2O2P. The van der Waals surface area contributed by atoms with E-state index in [1.54, 1.807) is 26.6 Å². The lowest BCUT2D eigenvalue weighted by atomic mass is 10.0. The second-order valence-electron chi connectivity index (χ2n) is 5.55. The monoisotopic (exact) mass is 278 g/mol. The Bertz CT molecular complexity index is 741. The van der Waals surface area contributed by atoms with E-state index in [0.717, 1.165) is 10.9 Å². The summed E-state index contributed by atoms with van der Waals surface area (Å²) < 4.78 is 13.9. The molecule has 0 aliphatic carbocycles. The molecule has 4 nitrogen and oxygen atoms in total. The Hall–Kier alpha value is -1.41. The Kier molecular flexibility index (Phi) is 3.40. The quantitative estimate of drug-likeness (QED) is 0.792. The van der Waals surface area contributed by atoms with Gasteiger partial charge in [-0.15, -0.1) is 0 Å². The zero-order chi connectivity index (χ0) is 14.4. The van der Waals surface area contributed by atoms with E-state index in [9.17, 15) is 9.36 Å². The van der Waals surface area contributed by atoms with Gasteiger partial charge in [0.05, 0.1) is 11.6 Å². The molecule has 0 bridgehead atoms. The molecule has 0 fully saturated rings. The molecule has 19 heavy (non-hydrogen) atoms. The average molecular weight is 278 g/mol. The number of benzene rings is 1. The summed E-state index contributed by atoms with van der Waals surface area (Å²) in [4.78, 5) is 12.3. The third-order valence-corrected chi connectivity index (χ3v) is 4.84. The van der Waals surface area contributed by atoms with E-state index in [4.69, 9.17) is 0 Å². The van der Waals surface area contributed by atoms with Crippen molar-refractivity contribution in [2.75, 3.05) is 13.3 Å². The van der Waals surface area contributed by atoms with Crippen LogP contribution in [-0.4, -0.2) is 23.1 Å². The first kappa shape index (κ1) is 14.0. The number of aryl methyl sites for hydroxylation is 1. The summed E-state index contributed by atoms with van der Waals surface area (Å²) in [5.74, 6) is 0.227. The van der Waals surface area contributed by atoms with Gasteiger partial charge in [-0.2, -0.15) is 5.10 Å². The highest BCUT2D eigenvalue weighted by Crippen LogP contribution is 2.40. The van der Waals surface area contributed by atoms with Crippen LogP contribution >= 0.6 is 7.14 Å². The summed E-state index contributed by atoms with van der Waals surface area (Å²) in [7, 11) is -0.928. The van der Waals surface area contributed by atoms with Gasteiger partial charge in [0.15, 0.2) is 0 Å². The predicted octanol–water partition coefficient (Wildman–Crippen LogP) is 2.30. The van der Waals surface area contributed by atoms with Gasteiger partial charge in [-0.1, -0.05) is 26.0 Å². The number of hydrogen-bond acceptors (Lipinski definition) is 3. The van der Waals surface area contributed by atoms with Crippen molar-refractivity contribution in [2.45, 2.75) is 19.8 Å². The van der Waals surface area contributed by atoms with Gasteiger partial charge in [0.2, 0.25) is 0 Å². The number of fused-ring (bicyclic) bond motifs is 1. The lowest BCUT2D eigenvalue weighted by molar-refractivity contribution is 0.588. The summed E-state index contributed by atoms with van der Waals surface area (Å²) >= 11 is 0. The van der Waals surface area contributed by atoms with Gasteiger partial charge in [-0.25, -0.2) is 4.68 Å². The van der Waals surface area contributed by atoms with Crippen LogP contribution < -0.4 is 10.9 Å². The predicted molar refractivity (Wildman–Crippen MR) is 80.2 cm³/mol. The van der Waals surface area contributed by atoms with Crippen LogP contribution in [0.1, 0.15) is 25.3 Å². The third kappa shape index (κ3) is 2.37. The van der Waals surface area contributed by atoms with Crippen LogP contribution in [0.5, 0.6) is 0 Å². The molecular weight excluding hydrogens is 259 g/mol. The van der Waals surface area contributed by atoms with Crippen LogP contribution in [-0.2, 0) is 11.6 Å². The molecule has 102 valence electrons. The number of nitrogens with zero attached hydrogens (tertiary/aromatic N) is 2. The molecule has 1 aromatic heterocycles. The average Bonchev–Trinajstić information content (AvgIpc) is 2.31. The summed E-state index contributed by atoms with van der Waals surface area (Å²) in [6.45, 7) is 7.53. The van der Waals surface area contributed by atoms with Crippen molar-refractivity contribution in [3.63, 3.8) is 0 Å². The molecule has 0 amide bonds. The van der Waals surface area contributed by atoms with Crippen LogP contribution in [0.15, 0.2) is 23.1 Å². The minimum Gasteiger partial charge on any atom is -0.319 e. The molecule has 0 radical (unpaired) electrons. The molecule has 0 saturated carbocycles. The number of rotatable bonds is 2. The van der Waals surface area contributed by atoms with Crippen LogP contribution in [0, 0.1) is 0 Å². The second-order valence-corrected chi connectivity index (χ2v) is 8.70. The Labute approximate surface area is 112 Å². The molecule has 1 aromatic carbocycles. The Morgan fingerprint density at radius 2 is 1.89 bits per heavy atom. The minimum atomic E-state index is -2.54. The van der Waals surface area contributed by atoms with Gasteiger partial charge in [0.1, 0.15) is 7.14 Å². The maximum absolute atomic E-state index is 12.7. The van der Waals surface area contributed by atoms with Gasteiger partial charge in [0.25, 0.3) is 5.56 Å². The van der Waals surface area contributed by atoms with Crippen LogP contribution in [0.4, 0.5) is 0 Å². The van der Waals surface area contributed by atoms with E-state index in [0.29, 0.717) is 10.7 Å². The molecule has 0 aliphatic heterocycles. The SMILES string of the molecule is CC(C)c1ccc2cnn(C)c(=O)c2c1P(C)(C)=O. The van der Waals surface area contributed by atoms with E-state index < -0.39 is 7.14 Å². The first-order chi connectivity index (χ1) is 8.73. The summed E-state index contributed by atoms with van der Waals surface area (Å²) in [5.41, 5.74) is 0.808. The molecule has 0 N–H and O–H groups in total. The van der Waals surface area contributed by atoms with Gasteiger partial charge >= 0.3 is 0 Å². The minimum absolute atomic E-state index is 0.182. The third-order valence-electron chi connectivity index (χ3n) is 3.28. The smallest absolute Gasteiger partial charge is 0.275 e. The topological polar surface area (TPSA) is 52.0 Å². The van der Waals surface area contributed by atoms with Crippen molar-refractivity contribution in [3.8, 4) is 0 Å². The van der Waals surface area contributed by atoms with Crippen LogP contribution in [0.25, 0.3) is 10.8 Å². The van der Waals surface area contributed by atoms with Gasteiger partial charge in [0, 0.05) is 17.7 Å². The zero-order valence-corrected chi connectivity index (χ0v) is 12.9. The van der Waals surface area contributed by atoms with E-state index in [2.05, 4.69) is 5.10 Å². The van der Waals surface area contributed by atoms with Gasteiger partial charge < -0.3 is 4.57 Å². The van der Waals surface area contributed by atoms with E-state index in [-0.39, 0.29) is 11.5 Å². The van der Waals surface area contributed by atoms with Gasteiger partial charge in [-0.3, -0.25) is 4.79 Å². The summed E-state index contributed by atoms with van der Waals surface area (Å²) in [6, 6.07) is 3.85. The first-order valence-corrected chi connectivity index (χ1v) is 8.88. The Balaban J connectivity index is 3.08. The zero-order valence-electron chi connectivity index (χ0n) is 12.0. The maximum Gasteiger partial charge on any atom is 0.275 e. The molecule has 1 heterocycles. The molecule has 0 saturated heterocycles. The highest BCUT2D eigenvalue weighted by Gasteiger charge is 2.23. The standard InChI is InChI=1S/C14H19N2O2P/c1-9(2)11-7-6-10-8-15-16(3)14(17)12(10)13(11)19(4,5)18/h6-9H,1-5H3. The molecule has 0 aliphatic rings. The van der Waals surface area contributed by atoms with Crippen molar-refractivity contribution < 1.29 is 4.57 Å². The fraction of sp³-hybridized carbons (Fsp3) is 0.429. The molecule has 0 spiro atoms. The molecule has 2 aromatic rings. The fourth-order valence-corrected chi connectivity index (χ4v) is 4.08. The largest absolute Gasteiger partial charge is 0.319 e. The van der Waals surface area contributed by atoms with Crippen molar-refractivity contribution >= 4 is 23.2 Å². The van der Waals surface area contributed by atoms with Crippen molar-refractivity contribution in [1.82, 2.24) is 9.78 Å². The van der Waals surface area contributed by atoms with Crippen LogP contribution in [0.3, 0.4) is 0 Å². The number of aromatic nitrogens is 2. The van der Waals surface area contributed by atoms with Crippen molar-refractivity contribution in [1.29, 1.82) is 0 Å². The van der Waals surface area contributed by atoms with Crippen molar-refractivity contribution in [3.05, 3.63) is 34.2 Å². The maximum atomic E-state index is 12.7. The number of hydrogen-bond donors (Lipinski definition) is 0. The Morgan fingerprint density at radius 1 is 1.26 bits per heavy atom. The molecule has 0 unspecified atom stereocenters. The lowest BCUT2D eigenvalue weighted by Gasteiger charge is -2.18. The summed E-state index contributed by atoms with van der Waals surface area (Å²) in [5, 5.41) is 6.04. The highest BCUT2D eigenvalue weighted by atomic mass is 31.2. The fourth-order valence-electron chi connectivity index (χ4n) is 2.36. The normalized spacial score (nSPS) is 12.3. The van der Waals surface area contributed by atoms with Gasteiger partial charge in [-0.05, 0) is 24.8 Å².